The number of rotatable bonds is 4. The van der Waals surface area contributed by atoms with Gasteiger partial charge in [-0.15, -0.1) is 0 Å². The molecule has 0 aliphatic heterocycles. The van der Waals surface area contributed by atoms with Crippen LogP contribution in [0, 0.1) is 0 Å². The number of benzene rings is 1. The maximum atomic E-state index is 12.6. The predicted molar refractivity (Wildman–Crippen MR) is 78.2 cm³/mol. The summed E-state index contributed by atoms with van der Waals surface area (Å²) in [5, 5.41) is 9.87. The fraction of sp³-hybridized carbons (Fsp3) is 0.375. The zero-order valence-electron chi connectivity index (χ0n) is 11.6. The quantitative estimate of drug-likeness (QED) is 0.870. The number of carbonyl (C=O) groups is 1. The molecule has 5 heteroatoms. The summed E-state index contributed by atoms with van der Waals surface area (Å²) in [6.07, 6.45) is 2.92. The average molecular weight is 287 g/mol. The van der Waals surface area contributed by atoms with Gasteiger partial charge in [0.1, 0.15) is 11.1 Å². The van der Waals surface area contributed by atoms with Gasteiger partial charge in [-0.2, -0.15) is 0 Å². The second-order valence-electron chi connectivity index (χ2n) is 5.29. The second-order valence-corrected chi connectivity index (χ2v) is 5.29. The van der Waals surface area contributed by atoms with Crippen molar-refractivity contribution in [2.24, 2.45) is 0 Å². The van der Waals surface area contributed by atoms with Gasteiger partial charge in [0.25, 0.3) is 5.91 Å². The van der Waals surface area contributed by atoms with Crippen molar-refractivity contribution in [3.05, 3.63) is 46.3 Å². The minimum absolute atomic E-state index is 0.0362. The molecule has 0 radical (unpaired) electrons. The molecule has 1 heterocycles. The van der Waals surface area contributed by atoms with Crippen LogP contribution in [0.4, 0.5) is 0 Å². The Labute approximate surface area is 121 Å². The highest BCUT2D eigenvalue weighted by Crippen LogP contribution is 2.26. The van der Waals surface area contributed by atoms with E-state index in [1.54, 1.807) is 29.2 Å². The first-order valence-corrected chi connectivity index (χ1v) is 7.15. The summed E-state index contributed by atoms with van der Waals surface area (Å²) < 4.78 is 5.21. The summed E-state index contributed by atoms with van der Waals surface area (Å²) in [5.74, 6) is -0.353. The molecule has 0 bridgehead atoms. The van der Waals surface area contributed by atoms with Crippen molar-refractivity contribution in [1.29, 1.82) is 0 Å². The fourth-order valence-electron chi connectivity index (χ4n) is 2.62. The first kappa shape index (κ1) is 13.8. The molecule has 1 aromatic heterocycles. The van der Waals surface area contributed by atoms with E-state index in [0.29, 0.717) is 5.58 Å². The maximum absolute atomic E-state index is 12.6. The van der Waals surface area contributed by atoms with Crippen molar-refractivity contribution in [3.8, 4) is 0 Å². The monoisotopic (exact) mass is 287 g/mol. The Hall–Kier alpha value is -2.14. The fourth-order valence-corrected chi connectivity index (χ4v) is 2.62. The molecule has 1 aromatic carbocycles. The van der Waals surface area contributed by atoms with Gasteiger partial charge in [0.05, 0.1) is 6.61 Å². The van der Waals surface area contributed by atoms with Gasteiger partial charge in [-0.1, -0.05) is 18.2 Å². The van der Waals surface area contributed by atoms with Crippen molar-refractivity contribution in [3.63, 3.8) is 0 Å². The van der Waals surface area contributed by atoms with Crippen LogP contribution in [0.15, 0.2) is 39.5 Å². The molecule has 21 heavy (non-hydrogen) atoms. The van der Waals surface area contributed by atoms with Gasteiger partial charge in [-0.05, 0) is 31.4 Å². The molecule has 0 atom stereocenters. The first-order valence-electron chi connectivity index (χ1n) is 7.15. The molecular weight excluding hydrogens is 270 g/mol. The lowest BCUT2D eigenvalue weighted by Gasteiger charge is -2.37. The third kappa shape index (κ3) is 2.56. The molecule has 1 amide bonds. The van der Waals surface area contributed by atoms with E-state index in [1.807, 2.05) is 6.07 Å². The van der Waals surface area contributed by atoms with Crippen LogP contribution < -0.4 is 5.63 Å². The van der Waals surface area contributed by atoms with Crippen LogP contribution in [0.1, 0.15) is 29.6 Å². The van der Waals surface area contributed by atoms with E-state index in [4.69, 9.17) is 9.52 Å². The highest BCUT2D eigenvalue weighted by molar-refractivity contribution is 5.96. The largest absolute Gasteiger partial charge is 0.422 e. The lowest BCUT2D eigenvalue weighted by atomic mass is 9.91. The SMILES string of the molecule is O=C(c1cc2ccccc2oc1=O)N(CCO)C1CCC1. The normalized spacial score (nSPS) is 14.9. The van der Waals surface area contributed by atoms with Crippen molar-refractivity contribution in [1.82, 2.24) is 4.90 Å². The van der Waals surface area contributed by atoms with Gasteiger partial charge in [0.15, 0.2) is 0 Å². The van der Waals surface area contributed by atoms with E-state index >= 15 is 0 Å². The molecular formula is C16H17NO4. The van der Waals surface area contributed by atoms with E-state index in [9.17, 15) is 9.59 Å². The zero-order valence-corrected chi connectivity index (χ0v) is 11.6. The molecule has 0 unspecified atom stereocenters. The first-order chi connectivity index (χ1) is 10.2. The molecule has 1 saturated carbocycles. The molecule has 0 saturated heterocycles. The third-order valence-corrected chi connectivity index (χ3v) is 3.99. The molecule has 1 fully saturated rings. The van der Waals surface area contributed by atoms with Crippen molar-refractivity contribution >= 4 is 16.9 Å². The Kier molecular flexibility index (Phi) is 3.75. The number of amides is 1. The lowest BCUT2D eigenvalue weighted by Crippen LogP contribution is -2.46. The number of hydrogen-bond donors (Lipinski definition) is 1. The number of aliphatic hydroxyl groups excluding tert-OH is 1. The third-order valence-electron chi connectivity index (χ3n) is 3.99. The summed E-state index contributed by atoms with van der Waals surface area (Å²) in [5.41, 5.74) is -0.119. The summed E-state index contributed by atoms with van der Waals surface area (Å²) >= 11 is 0. The molecule has 2 aromatic rings. The number of para-hydroxylation sites is 1. The summed E-state index contributed by atoms with van der Waals surface area (Å²) in [7, 11) is 0. The Morgan fingerprint density at radius 1 is 1.33 bits per heavy atom. The smallest absolute Gasteiger partial charge is 0.349 e. The van der Waals surface area contributed by atoms with Crippen LogP contribution in [0.5, 0.6) is 0 Å². The van der Waals surface area contributed by atoms with Gasteiger partial charge in [0.2, 0.25) is 0 Å². The van der Waals surface area contributed by atoms with Gasteiger partial charge >= 0.3 is 5.63 Å². The van der Waals surface area contributed by atoms with E-state index in [2.05, 4.69) is 0 Å². The number of aliphatic hydroxyl groups is 1. The minimum atomic E-state index is -0.624. The zero-order chi connectivity index (χ0) is 14.8. The standard InChI is InChI=1S/C16H17NO4/c18-9-8-17(12-5-3-6-12)15(19)13-10-11-4-1-2-7-14(11)21-16(13)20/h1-2,4,7,10,12,18H,3,5-6,8-9H2. The van der Waals surface area contributed by atoms with Crippen LogP contribution in [0.2, 0.25) is 0 Å². The molecule has 1 aliphatic carbocycles. The van der Waals surface area contributed by atoms with Gasteiger partial charge in [0, 0.05) is 18.0 Å². The number of carbonyl (C=O) groups excluding carboxylic acids is 1. The van der Waals surface area contributed by atoms with Gasteiger partial charge < -0.3 is 14.4 Å². The predicted octanol–water partition coefficient (Wildman–Crippen LogP) is 1.78. The summed E-state index contributed by atoms with van der Waals surface area (Å²) in [6.45, 7) is 0.136. The lowest BCUT2D eigenvalue weighted by molar-refractivity contribution is 0.0522. The van der Waals surface area contributed by atoms with Crippen LogP contribution in [0.3, 0.4) is 0 Å². The highest BCUT2D eigenvalue weighted by Gasteiger charge is 2.30. The number of nitrogens with zero attached hydrogens (tertiary/aromatic N) is 1. The van der Waals surface area contributed by atoms with Crippen molar-refractivity contribution < 1.29 is 14.3 Å². The Morgan fingerprint density at radius 3 is 2.76 bits per heavy atom. The molecule has 0 spiro atoms. The Balaban J connectivity index is 1.99. The Bertz CT molecular complexity index is 718. The Morgan fingerprint density at radius 2 is 2.10 bits per heavy atom. The van der Waals surface area contributed by atoms with Crippen LogP contribution in [-0.4, -0.2) is 35.1 Å². The van der Waals surface area contributed by atoms with Gasteiger partial charge in [-0.25, -0.2) is 4.79 Å². The summed E-state index contributed by atoms with van der Waals surface area (Å²) in [6, 6.07) is 8.80. The van der Waals surface area contributed by atoms with Crippen molar-refractivity contribution in [2.45, 2.75) is 25.3 Å². The van der Waals surface area contributed by atoms with E-state index in [1.165, 1.54) is 0 Å². The second kappa shape index (κ2) is 5.69. The molecule has 3 rings (SSSR count). The van der Waals surface area contributed by atoms with Crippen LogP contribution in [-0.2, 0) is 0 Å². The molecule has 5 nitrogen and oxygen atoms in total. The molecule has 1 N–H and O–H groups in total. The minimum Gasteiger partial charge on any atom is -0.422 e. The van der Waals surface area contributed by atoms with E-state index in [0.717, 1.165) is 24.6 Å². The van der Waals surface area contributed by atoms with E-state index < -0.39 is 5.63 Å². The number of fused-ring (bicyclic) bond motifs is 1. The van der Waals surface area contributed by atoms with Crippen LogP contribution in [0.25, 0.3) is 11.0 Å². The molecule has 110 valence electrons. The number of hydrogen-bond acceptors (Lipinski definition) is 4. The van der Waals surface area contributed by atoms with Crippen molar-refractivity contribution in [2.75, 3.05) is 13.2 Å². The topological polar surface area (TPSA) is 70.8 Å². The van der Waals surface area contributed by atoms with Crippen LogP contribution >= 0.6 is 0 Å². The maximum Gasteiger partial charge on any atom is 0.349 e. The average Bonchev–Trinajstić information content (AvgIpc) is 2.43. The highest BCUT2D eigenvalue weighted by atomic mass is 16.4. The molecule has 1 aliphatic rings. The summed E-state index contributed by atoms with van der Waals surface area (Å²) in [4.78, 5) is 26.2. The van der Waals surface area contributed by atoms with E-state index in [-0.39, 0.29) is 30.7 Å². The van der Waals surface area contributed by atoms with Gasteiger partial charge in [-0.3, -0.25) is 4.79 Å².